The van der Waals surface area contributed by atoms with Crippen LogP contribution in [0.1, 0.15) is 5.56 Å². The molecule has 0 unspecified atom stereocenters. The molecule has 0 radical (unpaired) electrons. The highest BCUT2D eigenvalue weighted by atomic mass is 32.1. The molecule has 0 aliphatic carbocycles. The van der Waals surface area contributed by atoms with Crippen LogP contribution in [0.15, 0.2) is 45.3 Å². The van der Waals surface area contributed by atoms with Crippen LogP contribution in [0.5, 0.6) is 5.75 Å². The molecule has 1 N–H and O–H groups in total. The molecule has 2 heterocycles. The number of H-pyrrole nitrogens is 1. The lowest BCUT2D eigenvalue weighted by molar-refractivity contribution is 0.414. The molecule has 0 saturated heterocycles. The van der Waals surface area contributed by atoms with Gasteiger partial charge in [-0.1, -0.05) is 12.1 Å². The zero-order valence-corrected chi connectivity index (χ0v) is 12.3. The van der Waals surface area contributed by atoms with Gasteiger partial charge in [0.05, 0.1) is 12.5 Å². The molecule has 0 spiro atoms. The topological polar surface area (TPSA) is 64.1 Å². The molecular formula is C15H14N2O3S. The van der Waals surface area contributed by atoms with Gasteiger partial charge in [0.25, 0.3) is 5.56 Å². The first-order valence-electron chi connectivity index (χ1n) is 6.52. The Morgan fingerprint density at radius 3 is 2.67 bits per heavy atom. The first-order chi connectivity index (χ1) is 10.2. The molecule has 6 heteroatoms. The highest BCUT2D eigenvalue weighted by molar-refractivity contribution is 7.16. The number of aryl methyl sites for hydroxylation is 1. The van der Waals surface area contributed by atoms with Crippen LogP contribution in [0, 0.1) is 0 Å². The fourth-order valence-electron chi connectivity index (χ4n) is 2.21. The Bertz CT molecular complexity index is 874. The van der Waals surface area contributed by atoms with Gasteiger partial charge in [0.15, 0.2) is 0 Å². The van der Waals surface area contributed by atoms with Crippen molar-refractivity contribution in [3.63, 3.8) is 0 Å². The van der Waals surface area contributed by atoms with E-state index in [1.165, 1.54) is 15.9 Å². The molecule has 2 aromatic heterocycles. The molecule has 108 valence electrons. The van der Waals surface area contributed by atoms with Crippen LogP contribution >= 0.6 is 11.3 Å². The van der Waals surface area contributed by atoms with E-state index in [0.717, 1.165) is 11.3 Å². The zero-order chi connectivity index (χ0) is 14.8. The first kappa shape index (κ1) is 13.6. The van der Waals surface area contributed by atoms with Crippen LogP contribution in [0.25, 0.3) is 10.2 Å². The number of fused-ring (bicyclic) bond motifs is 1. The van der Waals surface area contributed by atoms with Crippen LogP contribution in [-0.2, 0) is 13.0 Å². The number of aromatic amines is 1. The average Bonchev–Trinajstić information content (AvgIpc) is 2.96. The Balaban J connectivity index is 1.87. The third-order valence-corrected chi connectivity index (χ3v) is 4.22. The second kappa shape index (κ2) is 5.57. The Morgan fingerprint density at radius 1 is 1.19 bits per heavy atom. The van der Waals surface area contributed by atoms with Crippen molar-refractivity contribution >= 4 is 21.6 Å². The zero-order valence-electron chi connectivity index (χ0n) is 11.5. The molecule has 0 saturated carbocycles. The Hall–Kier alpha value is -2.34. The summed E-state index contributed by atoms with van der Waals surface area (Å²) in [5.41, 5.74) is 0.458. The van der Waals surface area contributed by atoms with Crippen LogP contribution < -0.4 is 16.0 Å². The van der Waals surface area contributed by atoms with Crippen molar-refractivity contribution in [1.82, 2.24) is 9.55 Å². The number of hydrogen-bond acceptors (Lipinski definition) is 4. The standard InChI is InChI=1S/C15H14N2O3S/c1-20-11-4-2-10(3-5-11)6-8-17-14(18)12-7-9-21-13(12)16-15(17)19/h2-5,7,9H,6,8H2,1H3,(H,16,19). The highest BCUT2D eigenvalue weighted by Gasteiger charge is 2.08. The largest absolute Gasteiger partial charge is 0.497 e. The minimum atomic E-state index is -0.358. The number of benzene rings is 1. The molecule has 0 aliphatic heterocycles. The van der Waals surface area contributed by atoms with Crippen molar-refractivity contribution in [2.24, 2.45) is 0 Å². The quantitative estimate of drug-likeness (QED) is 0.802. The molecule has 0 atom stereocenters. The molecule has 3 rings (SSSR count). The lowest BCUT2D eigenvalue weighted by Crippen LogP contribution is -2.35. The molecule has 0 bridgehead atoms. The summed E-state index contributed by atoms with van der Waals surface area (Å²) in [6.07, 6.45) is 0.614. The third kappa shape index (κ3) is 2.62. The second-order valence-corrected chi connectivity index (χ2v) is 5.56. The number of ether oxygens (including phenoxy) is 1. The summed E-state index contributed by atoms with van der Waals surface area (Å²) in [4.78, 5) is 27.6. The van der Waals surface area contributed by atoms with Crippen molar-refractivity contribution in [3.05, 3.63) is 62.1 Å². The molecular weight excluding hydrogens is 288 g/mol. The lowest BCUT2D eigenvalue weighted by atomic mass is 10.1. The normalized spacial score (nSPS) is 10.9. The number of rotatable bonds is 4. The van der Waals surface area contributed by atoms with Crippen LogP contribution in [0.2, 0.25) is 0 Å². The van der Waals surface area contributed by atoms with Gasteiger partial charge < -0.3 is 4.74 Å². The summed E-state index contributed by atoms with van der Waals surface area (Å²) >= 11 is 1.36. The van der Waals surface area contributed by atoms with E-state index in [-0.39, 0.29) is 11.2 Å². The van der Waals surface area contributed by atoms with Crippen molar-refractivity contribution in [2.75, 3.05) is 7.11 Å². The maximum atomic E-state index is 12.3. The lowest BCUT2D eigenvalue weighted by Gasteiger charge is -2.06. The van der Waals surface area contributed by atoms with Crippen LogP contribution in [0.4, 0.5) is 0 Å². The van der Waals surface area contributed by atoms with Gasteiger partial charge >= 0.3 is 5.69 Å². The van der Waals surface area contributed by atoms with Gasteiger partial charge in [0.2, 0.25) is 0 Å². The summed E-state index contributed by atoms with van der Waals surface area (Å²) < 4.78 is 6.35. The van der Waals surface area contributed by atoms with Gasteiger partial charge in [0, 0.05) is 6.54 Å². The van der Waals surface area contributed by atoms with Gasteiger partial charge in [-0.15, -0.1) is 11.3 Å². The molecule has 1 aromatic carbocycles. The predicted molar refractivity (Wildman–Crippen MR) is 83.4 cm³/mol. The van der Waals surface area contributed by atoms with E-state index < -0.39 is 0 Å². The molecule has 0 amide bonds. The van der Waals surface area contributed by atoms with E-state index in [9.17, 15) is 9.59 Å². The van der Waals surface area contributed by atoms with Crippen molar-refractivity contribution in [1.29, 1.82) is 0 Å². The van der Waals surface area contributed by atoms with Crippen LogP contribution in [-0.4, -0.2) is 16.7 Å². The van der Waals surface area contributed by atoms with Gasteiger partial charge in [-0.3, -0.25) is 14.3 Å². The van der Waals surface area contributed by atoms with Gasteiger partial charge in [-0.05, 0) is 35.6 Å². The fourth-order valence-corrected chi connectivity index (χ4v) is 2.98. The summed E-state index contributed by atoms with van der Waals surface area (Å²) in [5.74, 6) is 0.786. The first-order valence-corrected chi connectivity index (χ1v) is 7.40. The number of thiophene rings is 1. The van der Waals surface area contributed by atoms with Gasteiger partial charge in [-0.25, -0.2) is 4.79 Å². The van der Waals surface area contributed by atoms with E-state index in [1.807, 2.05) is 24.3 Å². The average molecular weight is 302 g/mol. The Labute approximate surface area is 124 Å². The predicted octanol–water partition coefficient (Wildman–Crippen LogP) is 2.00. The monoisotopic (exact) mass is 302 g/mol. The van der Waals surface area contributed by atoms with Gasteiger partial charge in [-0.2, -0.15) is 0 Å². The molecule has 21 heavy (non-hydrogen) atoms. The minimum Gasteiger partial charge on any atom is -0.497 e. The summed E-state index contributed by atoms with van der Waals surface area (Å²) in [6, 6.07) is 9.33. The smallest absolute Gasteiger partial charge is 0.329 e. The molecule has 0 fully saturated rings. The third-order valence-electron chi connectivity index (χ3n) is 3.39. The molecule has 5 nitrogen and oxygen atoms in total. The Morgan fingerprint density at radius 2 is 1.95 bits per heavy atom. The van der Waals surface area contributed by atoms with Crippen molar-refractivity contribution < 1.29 is 4.74 Å². The van der Waals surface area contributed by atoms with Crippen molar-refractivity contribution in [2.45, 2.75) is 13.0 Å². The summed E-state index contributed by atoms with van der Waals surface area (Å²) in [7, 11) is 1.62. The number of methoxy groups -OCH3 is 1. The van der Waals surface area contributed by atoms with E-state index in [1.54, 1.807) is 18.6 Å². The maximum Gasteiger partial charge on any atom is 0.329 e. The second-order valence-electron chi connectivity index (χ2n) is 4.65. The number of aromatic nitrogens is 2. The number of hydrogen-bond donors (Lipinski definition) is 1. The fraction of sp³-hybridized carbons (Fsp3) is 0.200. The summed E-state index contributed by atoms with van der Waals surface area (Å²) in [5, 5.41) is 2.37. The van der Waals surface area contributed by atoms with Crippen LogP contribution in [0.3, 0.4) is 0 Å². The summed E-state index contributed by atoms with van der Waals surface area (Å²) in [6.45, 7) is 0.353. The minimum absolute atomic E-state index is 0.233. The van der Waals surface area contributed by atoms with Gasteiger partial charge in [0.1, 0.15) is 10.6 Å². The highest BCUT2D eigenvalue weighted by Crippen LogP contribution is 2.13. The van der Waals surface area contributed by atoms with E-state index >= 15 is 0 Å². The van der Waals surface area contributed by atoms with E-state index in [4.69, 9.17) is 4.74 Å². The molecule has 0 aliphatic rings. The van der Waals surface area contributed by atoms with Crippen molar-refractivity contribution in [3.8, 4) is 5.75 Å². The maximum absolute atomic E-state index is 12.3. The SMILES string of the molecule is COc1ccc(CCn2c(=O)[nH]c3sccc3c2=O)cc1. The van der Waals surface area contributed by atoms with E-state index in [0.29, 0.717) is 23.2 Å². The Kier molecular flexibility index (Phi) is 3.62. The number of nitrogens with zero attached hydrogens (tertiary/aromatic N) is 1. The number of nitrogens with one attached hydrogen (secondary N) is 1. The molecule has 3 aromatic rings. The van der Waals surface area contributed by atoms with E-state index in [2.05, 4.69) is 4.98 Å².